The Morgan fingerprint density at radius 2 is 2.07 bits per heavy atom. The second kappa shape index (κ2) is 5.91. The predicted octanol–water partition coefficient (Wildman–Crippen LogP) is 3.66. The van der Waals surface area contributed by atoms with Crippen LogP contribution in [0.1, 0.15) is 24.5 Å². The number of rotatable bonds is 2. The van der Waals surface area contributed by atoms with E-state index in [0.717, 1.165) is 12.5 Å². The fourth-order valence-corrected chi connectivity index (χ4v) is 3.30. The number of hydrogen-bond acceptors (Lipinski definition) is 5. The number of phenolic OH excluding ortho intramolecular Hbond substituents is 1. The van der Waals surface area contributed by atoms with E-state index in [1.54, 1.807) is 10.9 Å². The largest absolute Gasteiger partial charge is 0.507 e. The molecule has 27 heavy (non-hydrogen) atoms. The number of benzene rings is 1. The standard InChI is InChI=1S/C18H17F3N4O2/c1-10-5-11(18(19,20)21)6-14(26)15(10)12-7-22-13-8-25(24-16(13)23-12)17(2)3-4-27-9-17/h5-8,26H,3-4,9H2,1-2H3/t17-/m0/s1. The maximum Gasteiger partial charge on any atom is 0.416 e. The van der Waals surface area contributed by atoms with Gasteiger partial charge in [-0.15, -0.1) is 5.10 Å². The van der Waals surface area contributed by atoms with Crippen LogP contribution in [0, 0.1) is 6.92 Å². The first-order chi connectivity index (χ1) is 12.7. The summed E-state index contributed by atoms with van der Waals surface area (Å²) in [6.45, 7) is 4.70. The monoisotopic (exact) mass is 378 g/mol. The molecule has 3 heterocycles. The minimum Gasteiger partial charge on any atom is -0.507 e. The Labute approximate surface area is 152 Å². The minimum absolute atomic E-state index is 0.211. The van der Waals surface area contributed by atoms with E-state index in [9.17, 15) is 18.3 Å². The number of nitrogens with zero attached hydrogens (tertiary/aromatic N) is 4. The smallest absolute Gasteiger partial charge is 0.416 e. The third kappa shape index (κ3) is 3.01. The Bertz CT molecular complexity index is 1000. The summed E-state index contributed by atoms with van der Waals surface area (Å²) < 4.78 is 46.0. The van der Waals surface area contributed by atoms with Gasteiger partial charge >= 0.3 is 6.18 Å². The molecule has 1 atom stereocenters. The lowest BCUT2D eigenvalue weighted by atomic mass is 10.0. The normalized spacial score (nSPS) is 20.5. The molecule has 1 saturated heterocycles. The molecule has 0 radical (unpaired) electrons. The summed E-state index contributed by atoms with van der Waals surface area (Å²) in [5, 5.41) is 14.6. The van der Waals surface area contributed by atoms with E-state index in [-0.39, 0.29) is 22.4 Å². The summed E-state index contributed by atoms with van der Waals surface area (Å²) in [5.74, 6) is -0.494. The van der Waals surface area contributed by atoms with Crippen LogP contribution in [0.25, 0.3) is 22.4 Å². The zero-order valence-corrected chi connectivity index (χ0v) is 14.7. The highest BCUT2D eigenvalue weighted by molar-refractivity contribution is 5.77. The Hall–Kier alpha value is -2.68. The van der Waals surface area contributed by atoms with E-state index < -0.39 is 17.5 Å². The molecule has 0 aliphatic carbocycles. The predicted molar refractivity (Wildman–Crippen MR) is 91.2 cm³/mol. The van der Waals surface area contributed by atoms with E-state index in [4.69, 9.17) is 4.74 Å². The molecule has 0 unspecified atom stereocenters. The number of halogens is 3. The van der Waals surface area contributed by atoms with Crippen LogP contribution in [-0.2, 0) is 16.5 Å². The van der Waals surface area contributed by atoms with Gasteiger partial charge in [0.05, 0.1) is 35.8 Å². The van der Waals surface area contributed by atoms with E-state index in [0.29, 0.717) is 30.4 Å². The van der Waals surface area contributed by atoms with Gasteiger partial charge in [0.25, 0.3) is 0 Å². The van der Waals surface area contributed by atoms with E-state index >= 15 is 0 Å². The van der Waals surface area contributed by atoms with Gasteiger partial charge in [-0.25, -0.2) is 9.97 Å². The molecule has 0 spiro atoms. The molecule has 1 aliphatic heterocycles. The quantitative estimate of drug-likeness (QED) is 0.737. The molecule has 1 aromatic carbocycles. The van der Waals surface area contributed by atoms with Crippen LogP contribution in [0.5, 0.6) is 5.75 Å². The topological polar surface area (TPSA) is 73.1 Å². The van der Waals surface area contributed by atoms with Crippen LogP contribution in [0.15, 0.2) is 24.5 Å². The summed E-state index contributed by atoms with van der Waals surface area (Å²) in [7, 11) is 0. The van der Waals surface area contributed by atoms with Gasteiger partial charge in [0, 0.05) is 12.2 Å². The van der Waals surface area contributed by atoms with Gasteiger partial charge in [-0.1, -0.05) is 0 Å². The molecule has 1 aliphatic rings. The van der Waals surface area contributed by atoms with Crippen molar-refractivity contribution in [2.24, 2.45) is 0 Å². The Morgan fingerprint density at radius 1 is 1.30 bits per heavy atom. The van der Waals surface area contributed by atoms with Gasteiger partial charge in [0.2, 0.25) is 0 Å². The van der Waals surface area contributed by atoms with Gasteiger partial charge in [0.15, 0.2) is 5.65 Å². The van der Waals surface area contributed by atoms with Crippen LogP contribution in [-0.4, -0.2) is 38.1 Å². The van der Waals surface area contributed by atoms with Crippen LogP contribution >= 0.6 is 0 Å². The van der Waals surface area contributed by atoms with Gasteiger partial charge in [-0.2, -0.15) is 13.2 Å². The molecule has 142 valence electrons. The second-order valence-electron chi connectivity index (χ2n) is 7.02. The number of phenols is 1. The third-order valence-corrected chi connectivity index (χ3v) is 4.88. The number of aromatic hydroxyl groups is 1. The molecule has 3 aromatic rings. The lowest BCUT2D eigenvalue weighted by Gasteiger charge is -2.21. The Kier molecular flexibility index (Phi) is 3.88. The molecular weight excluding hydrogens is 361 g/mol. The van der Waals surface area contributed by atoms with Crippen LogP contribution < -0.4 is 0 Å². The summed E-state index contributed by atoms with van der Waals surface area (Å²) in [6, 6.07) is 1.68. The van der Waals surface area contributed by atoms with Gasteiger partial charge in [-0.3, -0.25) is 4.68 Å². The molecular formula is C18H17F3N4O2. The fourth-order valence-electron chi connectivity index (χ4n) is 3.30. The van der Waals surface area contributed by atoms with Gasteiger partial charge in [0.1, 0.15) is 11.3 Å². The average molecular weight is 378 g/mol. The summed E-state index contributed by atoms with van der Waals surface area (Å²) >= 11 is 0. The average Bonchev–Trinajstić information content (AvgIpc) is 3.20. The Balaban J connectivity index is 1.79. The highest BCUT2D eigenvalue weighted by Gasteiger charge is 2.34. The third-order valence-electron chi connectivity index (χ3n) is 4.88. The highest BCUT2D eigenvalue weighted by atomic mass is 19.4. The zero-order chi connectivity index (χ0) is 19.4. The number of fused-ring (bicyclic) bond motifs is 1. The van der Waals surface area contributed by atoms with Crippen molar-refractivity contribution in [2.45, 2.75) is 32.0 Å². The molecule has 0 amide bonds. The zero-order valence-electron chi connectivity index (χ0n) is 14.7. The fraction of sp³-hybridized carbons (Fsp3) is 0.389. The van der Waals surface area contributed by atoms with Crippen LogP contribution in [0.3, 0.4) is 0 Å². The lowest BCUT2D eigenvalue weighted by Crippen LogP contribution is -2.30. The van der Waals surface area contributed by atoms with E-state index in [2.05, 4.69) is 15.1 Å². The van der Waals surface area contributed by atoms with Crippen LogP contribution in [0.2, 0.25) is 0 Å². The van der Waals surface area contributed by atoms with Crippen LogP contribution in [0.4, 0.5) is 13.2 Å². The van der Waals surface area contributed by atoms with Gasteiger partial charge < -0.3 is 9.84 Å². The summed E-state index contributed by atoms with van der Waals surface area (Å²) in [4.78, 5) is 8.72. The number of aryl methyl sites for hydroxylation is 1. The molecule has 9 heteroatoms. The van der Waals surface area contributed by atoms with Crippen molar-refractivity contribution in [3.05, 3.63) is 35.7 Å². The minimum atomic E-state index is -4.53. The van der Waals surface area contributed by atoms with Gasteiger partial charge in [-0.05, 0) is 38.0 Å². The first-order valence-corrected chi connectivity index (χ1v) is 8.39. The lowest BCUT2D eigenvalue weighted by molar-refractivity contribution is -0.137. The maximum atomic E-state index is 12.9. The first-order valence-electron chi connectivity index (χ1n) is 8.39. The van der Waals surface area contributed by atoms with Crippen molar-refractivity contribution in [2.75, 3.05) is 13.2 Å². The van der Waals surface area contributed by atoms with Crippen molar-refractivity contribution in [3.8, 4) is 17.0 Å². The molecule has 0 bridgehead atoms. The Morgan fingerprint density at radius 3 is 2.70 bits per heavy atom. The molecule has 0 saturated carbocycles. The highest BCUT2D eigenvalue weighted by Crippen LogP contribution is 2.38. The molecule has 2 aromatic heterocycles. The molecule has 1 N–H and O–H groups in total. The molecule has 6 nitrogen and oxygen atoms in total. The number of alkyl halides is 3. The van der Waals surface area contributed by atoms with Crippen molar-refractivity contribution in [3.63, 3.8) is 0 Å². The SMILES string of the molecule is Cc1cc(C(F)(F)F)cc(O)c1-c1cnc2cn([C@@]3(C)CCOC3)nc2n1. The first kappa shape index (κ1) is 17.7. The summed E-state index contributed by atoms with van der Waals surface area (Å²) in [6.07, 6.45) is -0.516. The van der Waals surface area contributed by atoms with Crippen molar-refractivity contribution in [1.82, 2.24) is 19.7 Å². The number of ether oxygens (including phenoxy) is 1. The molecule has 4 rings (SSSR count). The van der Waals surface area contributed by atoms with Crippen molar-refractivity contribution < 1.29 is 23.0 Å². The number of hydrogen-bond donors (Lipinski definition) is 1. The van der Waals surface area contributed by atoms with Crippen molar-refractivity contribution in [1.29, 1.82) is 0 Å². The second-order valence-corrected chi connectivity index (χ2v) is 7.02. The van der Waals surface area contributed by atoms with Crippen molar-refractivity contribution >= 4 is 11.2 Å². The molecule has 1 fully saturated rings. The van der Waals surface area contributed by atoms with E-state index in [1.165, 1.54) is 13.1 Å². The van der Waals surface area contributed by atoms with E-state index in [1.807, 2.05) is 6.92 Å². The summed E-state index contributed by atoms with van der Waals surface area (Å²) in [5.41, 5.74) is 0.469. The number of aromatic nitrogens is 4. The maximum absolute atomic E-state index is 12.9.